The van der Waals surface area contributed by atoms with Crippen molar-refractivity contribution in [3.8, 4) is 0 Å². The van der Waals surface area contributed by atoms with Crippen LogP contribution in [0.4, 0.5) is 0 Å². The highest BCUT2D eigenvalue weighted by Crippen LogP contribution is 2.13. The van der Waals surface area contributed by atoms with Crippen LogP contribution < -0.4 is 5.32 Å². The van der Waals surface area contributed by atoms with Crippen LogP contribution in [0.3, 0.4) is 0 Å². The maximum absolute atomic E-state index is 12.0. The van der Waals surface area contributed by atoms with Crippen LogP contribution in [0, 0.1) is 0 Å². The van der Waals surface area contributed by atoms with E-state index in [2.05, 4.69) is 12.2 Å². The Hall–Kier alpha value is -1.54. The lowest BCUT2D eigenvalue weighted by Crippen LogP contribution is -2.27. The molecule has 16 nitrogen and oxygen atoms in total. The van der Waals surface area contributed by atoms with Gasteiger partial charge in [0.25, 0.3) is 0 Å². The average Bonchev–Trinajstić information content (AvgIpc) is 3.25. The van der Waals surface area contributed by atoms with Crippen LogP contribution >= 0.6 is 0 Å². The lowest BCUT2D eigenvalue weighted by Gasteiger charge is -2.09. The topological polar surface area (TPSA) is 177 Å². The molecule has 0 unspecified atom stereocenters. The molecule has 0 saturated carbocycles. The second-order valence-electron chi connectivity index (χ2n) is 14.5. The zero-order chi connectivity index (χ0) is 44.0. The molecule has 0 bridgehead atoms. The van der Waals surface area contributed by atoms with Crippen molar-refractivity contribution in [1.29, 1.82) is 0 Å². The van der Waals surface area contributed by atoms with Gasteiger partial charge in [-0.2, -0.15) is 0 Å². The van der Waals surface area contributed by atoms with E-state index in [4.69, 9.17) is 61.9 Å². The maximum atomic E-state index is 12.0. The number of unbranched alkanes of at least 4 members (excludes halogenated alkanes) is 14. The quantitative estimate of drug-likeness (QED) is 0.0676. The van der Waals surface area contributed by atoms with E-state index in [0.717, 1.165) is 12.8 Å². The van der Waals surface area contributed by atoms with Crippen LogP contribution in [0.15, 0.2) is 0 Å². The van der Waals surface area contributed by atoms with Gasteiger partial charge in [0.2, 0.25) is 5.91 Å². The van der Waals surface area contributed by atoms with E-state index in [0.29, 0.717) is 165 Å². The van der Waals surface area contributed by atoms with Crippen LogP contribution in [0.25, 0.3) is 0 Å². The summed E-state index contributed by atoms with van der Waals surface area (Å²) in [5.74, 6) is -0.761. The van der Waals surface area contributed by atoms with Crippen molar-refractivity contribution in [3.05, 3.63) is 0 Å². The molecule has 0 saturated heterocycles. The number of carbonyl (C=O) groups excluding carboxylic acids is 1. The first-order chi connectivity index (χ1) is 30.2. The Morgan fingerprint density at radius 2 is 0.541 bits per heavy atom. The minimum Gasteiger partial charge on any atom is -0.481 e. The normalized spacial score (nSPS) is 11.5. The largest absolute Gasteiger partial charge is 0.481 e. The molecule has 0 aromatic heterocycles. The van der Waals surface area contributed by atoms with Crippen molar-refractivity contribution in [3.63, 3.8) is 0 Å². The third kappa shape index (κ3) is 56.4. The van der Waals surface area contributed by atoms with Crippen molar-refractivity contribution in [2.45, 2.75) is 116 Å². The molecule has 0 aliphatic carbocycles. The van der Waals surface area contributed by atoms with Gasteiger partial charge in [0.1, 0.15) is 0 Å². The van der Waals surface area contributed by atoms with Crippen LogP contribution in [0.5, 0.6) is 0 Å². The number of ether oxygens (including phenoxy) is 12. The van der Waals surface area contributed by atoms with Crippen molar-refractivity contribution in [1.82, 2.24) is 5.32 Å². The van der Waals surface area contributed by atoms with Gasteiger partial charge in [0.05, 0.1) is 165 Å². The van der Waals surface area contributed by atoms with E-state index in [1.54, 1.807) is 0 Å². The van der Waals surface area contributed by atoms with E-state index < -0.39 is 5.97 Å². The first kappa shape index (κ1) is 59.5. The molecule has 0 fully saturated rings. The zero-order valence-electron chi connectivity index (χ0n) is 38.4. The highest BCUT2D eigenvalue weighted by atomic mass is 16.6. The average molecular weight is 884 g/mol. The molecule has 61 heavy (non-hydrogen) atoms. The summed E-state index contributed by atoms with van der Waals surface area (Å²) in [5.41, 5.74) is 0. The molecule has 0 atom stereocenters. The smallest absolute Gasteiger partial charge is 0.305 e. The minimum absolute atomic E-state index is 0.00474. The number of carbonyl (C=O) groups is 2. The van der Waals surface area contributed by atoms with E-state index in [-0.39, 0.29) is 18.9 Å². The van der Waals surface area contributed by atoms with Gasteiger partial charge in [-0.25, -0.2) is 0 Å². The molecule has 0 heterocycles. The van der Waals surface area contributed by atoms with Crippen molar-refractivity contribution in [2.75, 3.05) is 165 Å². The monoisotopic (exact) mass is 884 g/mol. The molecule has 0 aliphatic rings. The van der Waals surface area contributed by atoms with Gasteiger partial charge < -0.3 is 67.3 Å². The van der Waals surface area contributed by atoms with Crippen LogP contribution in [0.1, 0.15) is 116 Å². The van der Waals surface area contributed by atoms with Crippen molar-refractivity contribution in [2.24, 2.45) is 0 Å². The van der Waals surface area contributed by atoms with Crippen LogP contribution in [0.2, 0.25) is 0 Å². The molecule has 0 aromatic carbocycles. The summed E-state index contributed by atoms with van der Waals surface area (Å²) in [5, 5.41) is 11.4. The Morgan fingerprint density at radius 3 is 0.803 bits per heavy atom. The standard InChI is InChI=1S/C45H89NO15/c1-2-3-4-5-6-7-8-9-10-11-12-13-14-15-16-17-44(47)46-19-21-51-23-25-53-27-29-55-31-33-57-35-37-59-39-41-61-43-42-60-40-38-58-36-34-56-32-30-54-28-26-52-24-22-50-20-18-45(48)49/h2-43H2,1H3,(H,46,47)(H,48,49). The Morgan fingerprint density at radius 1 is 0.311 bits per heavy atom. The second-order valence-corrected chi connectivity index (χ2v) is 14.5. The Balaban J connectivity index is 3.13. The van der Waals surface area contributed by atoms with Gasteiger partial charge in [-0.15, -0.1) is 0 Å². The minimum atomic E-state index is -0.875. The molecular formula is C45H89NO15. The zero-order valence-corrected chi connectivity index (χ0v) is 38.4. The summed E-state index contributed by atoms with van der Waals surface area (Å²) in [4.78, 5) is 22.4. The molecular weight excluding hydrogens is 794 g/mol. The van der Waals surface area contributed by atoms with Crippen LogP contribution in [-0.2, 0) is 66.4 Å². The molecule has 0 aromatic rings. The summed E-state index contributed by atoms with van der Waals surface area (Å²) >= 11 is 0. The number of carboxylic acids is 1. The van der Waals surface area contributed by atoms with Crippen molar-refractivity contribution < 1.29 is 71.5 Å². The number of amides is 1. The van der Waals surface area contributed by atoms with Gasteiger partial charge in [-0.05, 0) is 6.42 Å². The summed E-state index contributed by atoms with van der Waals surface area (Å²) in [6.45, 7) is 13.9. The van der Waals surface area contributed by atoms with E-state index in [1.807, 2.05) is 0 Å². The lowest BCUT2D eigenvalue weighted by atomic mass is 10.0. The molecule has 16 heteroatoms. The summed E-state index contributed by atoms with van der Waals surface area (Å²) in [6.07, 6.45) is 20.5. The molecule has 1 amide bonds. The third-order valence-corrected chi connectivity index (χ3v) is 9.13. The predicted octanol–water partition coefficient (Wildman–Crippen LogP) is 6.04. The second kappa shape index (κ2) is 54.6. The third-order valence-electron chi connectivity index (χ3n) is 9.13. The highest BCUT2D eigenvalue weighted by molar-refractivity contribution is 5.75. The number of hydrogen-bond donors (Lipinski definition) is 2. The number of nitrogens with one attached hydrogen (secondary N) is 1. The van der Waals surface area contributed by atoms with Crippen molar-refractivity contribution >= 4 is 11.9 Å². The fourth-order valence-electron chi connectivity index (χ4n) is 5.69. The number of hydrogen-bond acceptors (Lipinski definition) is 14. The number of aliphatic carboxylic acids is 1. The van der Waals surface area contributed by atoms with Gasteiger partial charge in [-0.3, -0.25) is 9.59 Å². The van der Waals surface area contributed by atoms with Gasteiger partial charge in [-0.1, -0.05) is 96.8 Å². The lowest BCUT2D eigenvalue weighted by molar-refractivity contribution is -0.138. The highest BCUT2D eigenvalue weighted by Gasteiger charge is 2.02. The molecule has 2 N–H and O–H groups in total. The molecule has 0 radical (unpaired) electrons. The predicted molar refractivity (Wildman–Crippen MR) is 235 cm³/mol. The van der Waals surface area contributed by atoms with Gasteiger partial charge >= 0.3 is 5.97 Å². The first-order valence-corrected chi connectivity index (χ1v) is 23.6. The SMILES string of the molecule is CCCCCCCCCCCCCCCCCC(=O)NCCOCCOCCOCCOCCOCCOCCOCCOCCOCCOCCOCCOCCC(=O)O. The molecule has 0 aliphatic heterocycles. The summed E-state index contributed by atoms with van der Waals surface area (Å²) in [6, 6.07) is 0. The summed E-state index contributed by atoms with van der Waals surface area (Å²) in [7, 11) is 0. The van der Waals surface area contributed by atoms with Crippen LogP contribution in [-0.4, -0.2) is 182 Å². The first-order valence-electron chi connectivity index (χ1n) is 23.6. The Bertz CT molecular complexity index is 861. The molecule has 0 rings (SSSR count). The summed E-state index contributed by atoms with van der Waals surface area (Å²) < 4.78 is 65.4. The van der Waals surface area contributed by atoms with E-state index >= 15 is 0 Å². The maximum Gasteiger partial charge on any atom is 0.305 e. The molecule has 0 spiro atoms. The fourth-order valence-corrected chi connectivity index (χ4v) is 5.69. The van der Waals surface area contributed by atoms with Gasteiger partial charge in [0, 0.05) is 13.0 Å². The molecule has 364 valence electrons. The van der Waals surface area contributed by atoms with E-state index in [1.165, 1.54) is 83.5 Å². The number of rotatable bonds is 55. The Kier molecular flexibility index (Phi) is 53.2. The number of carboxylic acid groups (broad SMARTS) is 1. The van der Waals surface area contributed by atoms with E-state index in [9.17, 15) is 9.59 Å². The fraction of sp³-hybridized carbons (Fsp3) is 0.956. The van der Waals surface area contributed by atoms with Gasteiger partial charge in [0.15, 0.2) is 0 Å². The Labute approximate surface area is 369 Å².